The number of hydrogen-bond donors (Lipinski definition) is 16. The third-order valence-electron chi connectivity index (χ3n) is 22.4. The molecule has 8 aromatic carbocycles. The number of benzene rings is 8. The van der Waals surface area contributed by atoms with Gasteiger partial charge in [-0.25, -0.2) is 38.0 Å². The molecule has 0 aliphatic carbocycles. The van der Waals surface area contributed by atoms with Crippen molar-refractivity contribution in [2.24, 2.45) is 0 Å². The number of fused-ring (bicyclic) bond motifs is 8. The largest absolute Gasteiger partial charge is 0.504 e. The maximum absolute atomic E-state index is 12.3. The van der Waals surface area contributed by atoms with E-state index in [4.69, 9.17) is 34.8 Å². The second kappa shape index (κ2) is 36.7. The molecule has 0 fully saturated rings. The molecule has 8 aliphatic rings. The molecule has 0 bridgehead atoms. The Kier molecular flexibility index (Phi) is 29.1. The summed E-state index contributed by atoms with van der Waals surface area (Å²) in [6.07, 6.45) is 0. The minimum absolute atomic E-state index is 0.0556. The number of carbonyl (C=O) groups excluding carboxylic acids is 6. The summed E-state index contributed by atoms with van der Waals surface area (Å²) in [5.74, 6) is -7.48. The zero-order valence-electron chi connectivity index (χ0n) is 79.5. The normalized spacial score (nSPS) is 17.0. The number of phenolic OH excluding ortho intramolecular Hbond substituents is 16. The first kappa shape index (κ1) is 109. The van der Waals surface area contributed by atoms with Gasteiger partial charge in [0.15, 0.2) is 92.0 Å². The number of nitrogens with zero attached hydrogens (tertiary/aromatic N) is 8. The van der Waals surface area contributed by atoms with Crippen molar-refractivity contribution in [1.82, 2.24) is 36.8 Å². The molecule has 0 radical (unpaired) electrons. The summed E-state index contributed by atoms with van der Waals surface area (Å²) in [4.78, 5) is 79.7. The molecule has 8 heterocycles. The third-order valence-corrected chi connectivity index (χ3v) is 32.8. The number of sulfonamides is 4. The number of phenols is 16. The van der Waals surface area contributed by atoms with Gasteiger partial charge >= 0.3 is 0 Å². The van der Waals surface area contributed by atoms with Crippen molar-refractivity contribution in [3.63, 3.8) is 0 Å². The molecule has 0 spiro atoms. The first-order chi connectivity index (χ1) is 61.9. The van der Waals surface area contributed by atoms with Crippen LogP contribution in [0.1, 0.15) is 262 Å². The van der Waals surface area contributed by atoms with Gasteiger partial charge in [-0.05, 0) is 231 Å². The highest BCUT2D eigenvalue weighted by molar-refractivity contribution is 8.06. The van der Waals surface area contributed by atoms with Gasteiger partial charge in [-0.15, -0.1) is 0 Å². The lowest BCUT2D eigenvalue weighted by Crippen LogP contribution is -2.45. The van der Waals surface area contributed by atoms with E-state index in [1.54, 1.807) is 72.1 Å². The van der Waals surface area contributed by atoms with E-state index in [9.17, 15) is 144 Å². The quantitative estimate of drug-likeness (QED) is 0.0627. The number of rotatable bonds is 0. The summed E-state index contributed by atoms with van der Waals surface area (Å²) in [5.41, 5.74) is 0.943. The van der Waals surface area contributed by atoms with Gasteiger partial charge in [-0.3, -0.25) is 28.8 Å². The molecule has 8 aromatic rings. The van der Waals surface area contributed by atoms with Crippen LogP contribution in [0.2, 0.25) is 15.1 Å². The molecule has 16 rings (SSSR count). The van der Waals surface area contributed by atoms with Gasteiger partial charge in [-0.2, -0.15) is 4.31 Å². The zero-order chi connectivity index (χ0) is 105. The predicted molar refractivity (Wildman–Crippen MR) is 503 cm³/mol. The second-order valence-corrected chi connectivity index (χ2v) is 49.4. The average molecular weight is 2050 g/mol. The van der Waals surface area contributed by atoms with Crippen molar-refractivity contribution in [2.45, 2.75) is 269 Å². The fraction of sp³-hybridized carbons (Fsp3) is 0.413. The Balaban J connectivity index is 0.000000175. The van der Waals surface area contributed by atoms with Crippen LogP contribution in [-0.2, 0) is 79.4 Å². The maximum atomic E-state index is 12.3. The Labute approximate surface area is 808 Å². The van der Waals surface area contributed by atoms with E-state index in [0.717, 1.165) is 40.2 Å². The number of carbonyl (C=O) groups is 6. The van der Waals surface area contributed by atoms with E-state index in [-0.39, 0.29) is 169 Å². The van der Waals surface area contributed by atoms with E-state index in [0.29, 0.717) is 74.4 Å². The van der Waals surface area contributed by atoms with Crippen LogP contribution in [0.25, 0.3) is 0 Å². The van der Waals surface area contributed by atoms with Gasteiger partial charge in [0.05, 0.1) is 55.3 Å². The topological polar surface area (TPSA) is 589 Å². The Morgan fingerprint density at radius 3 is 1.04 bits per heavy atom. The molecular weight excluding hydrogens is 1930 g/mol. The van der Waals surface area contributed by atoms with Gasteiger partial charge in [0, 0.05) is 129 Å². The molecule has 137 heavy (non-hydrogen) atoms. The summed E-state index contributed by atoms with van der Waals surface area (Å²) in [6.45, 7) is 45.5. The van der Waals surface area contributed by atoms with Crippen LogP contribution in [0.4, 0.5) is 0 Å². The van der Waals surface area contributed by atoms with Crippen molar-refractivity contribution in [1.29, 1.82) is 0 Å². The fourth-order valence-corrected chi connectivity index (χ4v) is 25.3. The van der Waals surface area contributed by atoms with Crippen LogP contribution in [-0.4, -0.2) is 232 Å². The Morgan fingerprint density at radius 1 is 0.248 bits per heavy atom. The molecule has 45 heteroatoms. The molecule has 38 nitrogen and oxygen atoms in total. The van der Waals surface area contributed by atoms with Gasteiger partial charge < -0.3 is 106 Å². The molecule has 6 amide bonds. The van der Waals surface area contributed by atoms with E-state index in [2.05, 4.69) is 0 Å². The molecule has 0 aromatic heterocycles. The molecule has 0 saturated heterocycles. The van der Waals surface area contributed by atoms with Gasteiger partial charge in [0.1, 0.15) is 14.7 Å². The Bertz CT molecular complexity index is 6750. The van der Waals surface area contributed by atoms with Gasteiger partial charge in [-0.1, -0.05) is 38.5 Å². The molecule has 746 valence electrons. The molecule has 0 unspecified atom stereocenters. The molecule has 0 saturated carbocycles. The van der Waals surface area contributed by atoms with E-state index >= 15 is 0 Å². The summed E-state index contributed by atoms with van der Waals surface area (Å²) >= 11 is 17.8. The molecule has 16 N–H and O–H groups in total. The molecular formula is C92H113Cl3N8O30S4. The van der Waals surface area contributed by atoms with Gasteiger partial charge in [0.25, 0.3) is 65.5 Å². The number of aromatic hydroxyl groups is 16. The van der Waals surface area contributed by atoms with E-state index in [1.165, 1.54) is 67.5 Å². The Hall–Kier alpha value is -12.0. The zero-order valence-corrected chi connectivity index (χ0v) is 85.0. The van der Waals surface area contributed by atoms with Crippen LogP contribution in [0, 0.1) is 0 Å². The van der Waals surface area contributed by atoms with Crippen LogP contribution >= 0.6 is 34.8 Å². The molecule has 0 atom stereocenters. The fourth-order valence-electron chi connectivity index (χ4n) is 15.4. The number of amides is 6. The van der Waals surface area contributed by atoms with Crippen molar-refractivity contribution in [3.8, 4) is 92.0 Å². The summed E-state index contributed by atoms with van der Waals surface area (Å²) in [5, 5.41) is 151. The second-order valence-electron chi connectivity index (χ2n) is 40.9. The van der Waals surface area contributed by atoms with Crippen molar-refractivity contribution in [3.05, 3.63) is 161 Å². The smallest absolute Gasteiger partial charge is 0.269 e. The summed E-state index contributed by atoms with van der Waals surface area (Å²) in [7, 11) is -16.1. The minimum Gasteiger partial charge on any atom is -0.504 e. The standard InChI is InChI=1S/3C12H14ClNO3.2C12H15NO3.C11H13NO5S.C11H15NO4S.C10H13NO6S2/c1-12(2,3)14-5-6-9(11(14)17)7(13)4-8(15)10(6)16;1-12(2,3)14-5-7-6(11(14)17)4-8(15)10(16)9(7)13;1-12(2,3)14-5-6-4-7(15)10(16)9(13)8(6)11(14)17;1-12(2,3)13-6-7-4-9(14)10(15)5-8(7)11(13)16;1-12(2,3)13-6-8-7(11(13)16)4-5-9(14)10(8)15;1-11(2,3)12-10(15)6-4-7(13)8(14)5-9(6)18(12,16)17;1-11(2,3)12-6-7-4-8(13)9(14)5-10(7)17(12,15)16;1-10(2,3)11-18(14,15)8-4-6(12)7(13)5-9(8)19(11,16)17/h3*4,15-16H,5H2,1-3H3;2*4-5,14-15H,6H2,1-3H3;4-5,13-14H,1-3H3;4-5,13-14H,6H2,1-3H3;4-5,12-13H,1-3H3. The number of hydrogen-bond acceptors (Lipinski definition) is 30. The first-order valence-electron chi connectivity index (χ1n) is 41.9. The minimum atomic E-state index is -4.28. The lowest BCUT2D eigenvalue weighted by molar-refractivity contribution is 0.0599. The summed E-state index contributed by atoms with van der Waals surface area (Å²) < 4.78 is 100. The van der Waals surface area contributed by atoms with Gasteiger partial charge in [0.2, 0.25) is 10.0 Å². The highest BCUT2D eigenvalue weighted by atomic mass is 35.5. The lowest BCUT2D eigenvalue weighted by Gasteiger charge is -2.31. The highest BCUT2D eigenvalue weighted by Gasteiger charge is 2.54. The van der Waals surface area contributed by atoms with Crippen LogP contribution in [0.3, 0.4) is 0 Å². The highest BCUT2D eigenvalue weighted by Crippen LogP contribution is 2.51. The van der Waals surface area contributed by atoms with Crippen molar-refractivity contribution >= 4 is 110 Å². The van der Waals surface area contributed by atoms with E-state index < -0.39 is 107 Å². The van der Waals surface area contributed by atoms with Crippen LogP contribution in [0.5, 0.6) is 92.0 Å². The molecule has 8 aliphatic heterocycles. The van der Waals surface area contributed by atoms with E-state index in [1.807, 2.05) is 104 Å². The van der Waals surface area contributed by atoms with Crippen LogP contribution < -0.4 is 0 Å². The van der Waals surface area contributed by atoms with Crippen LogP contribution in [0.15, 0.2) is 98.4 Å². The maximum Gasteiger partial charge on any atom is 0.269 e. The summed E-state index contributed by atoms with van der Waals surface area (Å²) in [6, 6.07) is 15.3. The first-order valence-corrected chi connectivity index (χ1v) is 48.8. The van der Waals surface area contributed by atoms with Crippen molar-refractivity contribution < 1.29 is 144 Å². The Morgan fingerprint density at radius 2 is 0.584 bits per heavy atom. The SMILES string of the molecule is CC(C)(C)N1C(=O)c2cc(O)c(O)cc2S1(=O)=O.CC(C)(C)N1Cc2c(O)c(O)cc(Cl)c2C1=O.CC(C)(C)N1Cc2c(cc(O)c(O)c2Cl)C1=O.CC(C)(C)N1Cc2c(ccc(O)c2O)C1=O.CC(C)(C)N1Cc2cc(O)c(O)c(Cl)c2C1=O.CC(C)(C)N1Cc2cc(O)c(O)cc2C1=O.CC(C)(C)N1Cc2cc(O)c(O)cc2S1(=O)=O.CC(C)(C)N1S(=O)(=O)c2cc(O)c(O)cc2S1(=O)=O. The third kappa shape index (κ3) is 20.9. The van der Waals surface area contributed by atoms with Crippen molar-refractivity contribution in [2.75, 3.05) is 0 Å². The lowest BCUT2D eigenvalue weighted by atomic mass is 10.1. The number of halogens is 3. The monoisotopic (exact) mass is 2040 g/mol. The predicted octanol–water partition coefficient (Wildman–Crippen LogP) is 14.3. The average Bonchev–Trinajstić information content (AvgIpc) is 1.54.